The van der Waals surface area contributed by atoms with Crippen LogP contribution >= 0.6 is 0 Å². The fourth-order valence-corrected chi connectivity index (χ4v) is 0.480. The average molecular weight is 137 g/mol. The van der Waals surface area contributed by atoms with Gasteiger partial charge in [-0.15, -0.1) is 0 Å². The fraction of sp³-hybridized carbons (Fsp3) is 0.444. The lowest BCUT2D eigenvalue weighted by Crippen LogP contribution is -1.89. The molecule has 0 unspecified atom stereocenters. The van der Waals surface area contributed by atoms with Crippen molar-refractivity contribution < 1.29 is 0 Å². The Morgan fingerprint density at radius 3 is 2.20 bits per heavy atom. The van der Waals surface area contributed by atoms with E-state index in [9.17, 15) is 0 Å². The van der Waals surface area contributed by atoms with Crippen molar-refractivity contribution in [2.45, 2.75) is 27.2 Å². The van der Waals surface area contributed by atoms with Crippen LogP contribution in [0.1, 0.15) is 27.2 Å². The molecular weight excluding hydrogens is 122 g/mol. The maximum absolute atomic E-state index is 7.25. The van der Waals surface area contributed by atoms with Gasteiger partial charge in [0, 0.05) is 5.71 Å². The lowest BCUT2D eigenvalue weighted by molar-refractivity contribution is 1.21. The van der Waals surface area contributed by atoms with Gasteiger partial charge in [-0.25, -0.2) is 0 Å². The molecule has 0 radical (unpaired) electrons. The van der Waals surface area contributed by atoms with Gasteiger partial charge >= 0.3 is 0 Å². The van der Waals surface area contributed by atoms with Crippen LogP contribution in [0.15, 0.2) is 23.8 Å². The molecule has 10 heavy (non-hydrogen) atoms. The van der Waals surface area contributed by atoms with Crippen molar-refractivity contribution >= 4 is 5.71 Å². The highest BCUT2D eigenvalue weighted by Crippen LogP contribution is 2.02. The van der Waals surface area contributed by atoms with Crippen LogP contribution in [0.2, 0.25) is 0 Å². The minimum atomic E-state index is 0.640. The van der Waals surface area contributed by atoms with Gasteiger partial charge in [0.1, 0.15) is 0 Å². The normalized spacial score (nSPS) is 11.3. The molecule has 56 valence electrons. The Hall–Kier alpha value is -0.850. The number of allylic oxidation sites excluding steroid dienone is 3. The van der Waals surface area contributed by atoms with Gasteiger partial charge < -0.3 is 5.41 Å². The molecule has 0 spiro atoms. The standard InChI is InChI=1S/C9H15N/c1-7(2)5-6-8(3)9(4)10/h6,10H,1,5H2,2-4H3. The Labute approximate surface area is 63.0 Å². The smallest absolute Gasteiger partial charge is 0.0309 e. The van der Waals surface area contributed by atoms with Crippen LogP contribution in [0.25, 0.3) is 0 Å². The van der Waals surface area contributed by atoms with Crippen molar-refractivity contribution in [3.8, 4) is 0 Å². The molecule has 0 aromatic heterocycles. The summed E-state index contributed by atoms with van der Waals surface area (Å²) >= 11 is 0. The second kappa shape index (κ2) is 4.04. The highest BCUT2D eigenvalue weighted by atomic mass is 14.4. The van der Waals surface area contributed by atoms with E-state index in [0.29, 0.717) is 5.71 Å². The van der Waals surface area contributed by atoms with E-state index in [2.05, 4.69) is 6.58 Å². The Kier molecular flexibility index (Phi) is 3.70. The first-order valence-corrected chi connectivity index (χ1v) is 3.40. The maximum atomic E-state index is 7.25. The first kappa shape index (κ1) is 9.15. The van der Waals surface area contributed by atoms with Crippen LogP contribution in [0, 0.1) is 5.41 Å². The van der Waals surface area contributed by atoms with Crippen molar-refractivity contribution in [2.75, 3.05) is 0 Å². The van der Waals surface area contributed by atoms with E-state index < -0.39 is 0 Å². The van der Waals surface area contributed by atoms with Crippen LogP contribution in [0.3, 0.4) is 0 Å². The van der Waals surface area contributed by atoms with E-state index in [1.807, 2.05) is 19.9 Å². The van der Waals surface area contributed by atoms with Crippen LogP contribution in [0.5, 0.6) is 0 Å². The van der Waals surface area contributed by atoms with E-state index in [-0.39, 0.29) is 0 Å². The van der Waals surface area contributed by atoms with Crippen LogP contribution < -0.4 is 0 Å². The third-order valence-electron chi connectivity index (χ3n) is 1.35. The molecule has 0 saturated heterocycles. The molecule has 0 rings (SSSR count). The van der Waals surface area contributed by atoms with Crippen LogP contribution in [0.4, 0.5) is 0 Å². The molecule has 1 nitrogen and oxygen atoms in total. The lowest BCUT2D eigenvalue weighted by Gasteiger charge is -1.96. The van der Waals surface area contributed by atoms with E-state index in [0.717, 1.165) is 17.6 Å². The summed E-state index contributed by atoms with van der Waals surface area (Å²) in [5, 5.41) is 7.25. The SMILES string of the molecule is C=C(C)CC=C(C)C(C)=N. The summed E-state index contributed by atoms with van der Waals surface area (Å²) < 4.78 is 0. The van der Waals surface area contributed by atoms with Crippen molar-refractivity contribution in [2.24, 2.45) is 0 Å². The van der Waals surface area contributed by atoms with Crippen LogP contribution in [-0.4, -0.2) is 5.71 Å². The zero-order chi connectivity index (χ0) is 8.15. The third kappa shape index (κ3) is 4.07. The Bertz CT molecular complexity index is 175. The molecule has 1 N–H and O–H groups in total. The molecule has 0 fully saturated rings. The first-order valence-electron chi connectivity index (χ1n) is 3.40. The summed E-state index contributed by atoms with van der Waals surface area (Å²) in [5.41, 5.74) is 2.82. The summed E-state index contributed by atoms with van der Waals surface area (Å²) in [5.74, 6) is 0. The summed E-state index contributed by atoms with van der Waals surface area (Å²) in [6, 6.07) is 0. The number of hydrogen-bond acceptors (Lipinski definition) is 1. The van der Waals surface area contributed by atoms with Gasteiger partial charge in [0.25, 0.3) is 0 Å². The maximum Gasteiger partial charge on any atom is 0.0309 e. The zero-order valence-corrected chi connectivity index (χ0v) is 6.99. The molecule has 0 heterocycles. The minimum Gasteiger partial charge on any atom is -0.305 e. The summed E-state index contributed by atoms with van der Waals surface area (Å²) in [7, 11) is 0. The highest BCUT2D eigenvalue weighted by molar-refractivity contribution is 5.94. The van der Waals surface area contributed by atoms with Crippen LogP contribution in [-0.2, 0) is 0 Å². The molecular formula is C9H15N. The van der Waals surface area contributed by atoms with Gasteiger partial charge in [0.05, 0.1) is 0 Å². The fourth-order valence-electron chi connectivity index (χ4n) is 0.480. The minimum absolute atomic E-state index is 0.640. The molecule has 0 bridgehead atoms. The second-order valence-electron chi connectivity index (χ2n) is 2.67. The number of nitrogens with one attached hydrogen (secondary N) is 1. The molecule has 0 aromatic rings. The average Bonchev–Trinajstić information content (AvgIpc) is 1.82. The monoisotopic (exact) mass is 137 g/mol. The number of rotatable bonds is 3. The van der Waals surface area contributed by atoms with Gasteiger partial charge in [-0.05, 0) is 32.8 Å². The summed E-state index contributed by atoms with van der Waals surface area (Å²) in [4.78, 5) is 0. The largest absolute Gasteiger partial charge is 0.305 e. The van der Waals surface area contributed by atoms with E-state index in [1.54, 1.807) is 6.92 Å². The van der Waals surface area contributed by atoms with Gasteiger partial charge in [0.15, 0.2) is 0 Å². The van der Waals surface area contributed by atoms with Crippen molar-refractivity contribution in [3.05, 3.63) is 23.8 Å². The Morgan fingerprint density at radius 2 is 1.90 bits per heavy atom. The van der Waals surface area contributed by atoms with Crippen molar-refractivity contribution in [1.29, 1.82) is 5.41 Å². The molecule has 1 heteroatoms. The quantitative estimate of drug-likeness (QED) is 0.457. The molecule has 0 aliphatic heterocycles. The van der Waals surface area contributed by atoms with Gasteiger partial charge in [-0.3, -0.25) is 0 Å². The molecule has 0 aliphatic carbocycles. The van der Waals surface area contributed by atoms with Gasteiger partial charge in [0.2, 0.25) is 0 Å². The van der Waals surface area contributed by atoms with E-state index >= 15 is 0 Å². The predicted molar refractivity (Wildman–Crippen MR) is 46.6 cm³/mol. The molecule has 0 amide bonds. The first-order chi connectivity index (χ1) is 4.54. The highest BCUT2D eigenvalue weighted by Gasteiger charge is 1.89. The molecule has 0 saturated carbocycles. The lowest BCUT2D eigenvalue weighted by atomic mass is 10.1. The topological polar surface area (TPSA) is 23.9 Å². The predicted octanol–water partition coefficient (Wildman–Crippen LogP) is 2.94. The van der Waals surface area contributed by atoms with Crippen molar-refractivity contribution in [1.82, 2.24) is 0 Å². The van der Waals surface area contributed by atoms with Crippen molar-refractivity contribution in [3.63, 3.8) is 0 Å². The van der Waals surface area contributed by atoms with Gasteiger partial charge in [-0.1, -0.05) is 18.2 Å². The second-order valence-corrected chi connectivity index (χ2v) is 2.67. The zero-order valence-electron chi connectivity index (χ0n) is 6.99. The molecule has 0 atom stereocenters. The van der Waals surface area contributed by atoms with Gasteiger partial charge in [-0.2, -0.15) is 0 Å². The Morgan fingerprint density at radius 1 is 1.40 bits per heavy atom. The number of hydrogen-bond donors (Lipinski definition) is 1. The Balaban J connectivity index is 3.92. The molecule has 0 aromatic carbocycles. The molecule has 0 aliphatic rings. The summed E-state index contributed by atoms with van der Waals surface area (Å²) in [6.45, 7) is 9.51. The van der Waals surface area contributed by atoms with E-state index in [1.165, 1.54) is 0 Å². The van der Waals surface area contributed by atoms with E-state index in [4.69, 9.17) is 5.41 Å². The summed E-state index contributed by atoms with van der Waals surface area (Å²) in [6.07, 6.45) is 2.92. The third-order valence-corrected chi connectivity index (χ3v) is 1.35.